The van der Waals surface area contributed by atoms with Crippen LogP contribution in [0.4, 0.5) is 0 Å². The minimum Gasteiger partial charge on any atom is -0.481 e. The quantitative estimate of drug-likeness (QED) is 0.760. The Kier molecular flexibility index (Phi) is 2.54. The zero-order valence-corrected chi connectivity index (χ0v) is 8.61. The Labute approximate surface area is 83.1 Å². The molecule has 2 rings (SSSR count). The predicted octanol–water partition coefficient (Wildman–Crippen LogP) is 2.38. The van der Waals surface area contributed by atoms with Crippen LogP contribution in [-0.2, 0) is 4.79 Å². The van der Waals surface area contributed by atoms with Crippen LogP contribution in [0.1, 0.15) is 32.1 Å². The van der Waals surface area contributed by atoms with Crippen molar-refractivity contribution >= 4 is 17.7 Å². The molecule has 0 aromatic heterocycles. The lowest BCUT2D eigenvalue weighted by atomic mass is 9.94. The van der Waals surface area contributed by atoms with E-state index in [0.717, 1.165) is 12.3 Å². The molecule has 2 fully saturated rings. The second kappa shape index (κ2) is 3.52. The van der Waals surface area contributed by atoms with Crippen molar-refractivity contribution in [2.75, 3.05) is 11.5 Å². The lowest BCUT2D eigenvalue weighted by molar-refractivity contribution is -0.137. The van der Waals surface area contributed by atoms with Gasteiger partial charge in [-0.2, -0.15) is 11.8 Å². The molecule has 74 valence electrons. The van der Waals surface area contributed by atoms with Crippen molar-refractivity contribution in [1.82, 2.24) is 0 Å². The van der Waals surface area contributed by atoms with Crippen LogP contribution >= 0.6 is 11.8 Å². The predicted molar refractivity (Wildman–Crippen MR) is 54.0 cm³/mol. The topological polar surface area (TPSA) is 37.3 Å². The first-order valence-electron chi connectivity index (χ1n) is 5.02. The Morgan fingerprint density at radius 2 is 2.15 bits per heavy atom. The SMILES string of the molecule is O=C(O)CCC1CC12CCSCC2. The smallest absolute Gasteiger partial charge is 0.303 e. The van der Waals surface area contributed by atoms with E-state index in [0.29, 0.717) is 11.8 Å². The number of carboxylic acids is 1. The van der Waals surface area contributed by atoms with E-state index in [2.05, 4.69) is 0 Å². The molecular formula is C10H16O2S. The third kappa shape index (κ3) is 2.01. The maximum Gasteiger partial charge on any atom is 0.303 e. The van der Waals surface area contributed by atoms with Crippen LogP contribution in [0.2, 0.25) is 0 Å². The van der Waals surface area contributed by atoms with Gasteiger partial charge in [-0.25, -0.2) is 0 Å². The summed E-state index contributed by atoms with van der Waals surface area (Å²) in [6, 6.07) is 0. The maximum absolute atomic E-state index is 10.4. The molecule has 1 heterocycles. The van der Waals surface area contributed by atoms with E-state index < -0.39 is 5.97 Å². The molecule has 2 nitrogen and oxygen atoms in total. The van der Waals surface area contributed by atoms with Gasteiger partial charge in [0, 0.05) is 6.42 Å². The van der Waals surface area contributed by atoms with Crippen molar-refractivity contribution in [2.45, 2.75) is 32.1 Å². The van der Waals surface area contributed by atoms with E-state index in [1.165, 1.54) is 30.8 Å². The van der Waals surface area contributed by atoms with Crippen LogP contribution in [0.15, 0.2) is 0 Å². The van der Waals surface area contributed by atoms with Crippen LogP contribution in [-0.4, -0.2) is 22.6 Å². The lowest BCUT2D eigenvalue weighted by Gasteiger charge is -2.21. The van der Waals surface area contributed by atoms with Gasteiger partial charge in [0.2, 0.25) is 0 Å². The fraction of sp³-hybridized carbons (Fsp3) is 0.900. The third-order valence-corrected chi connectivity index (χ3v) is 4.54. The fourth-order valence-electron chi connectivity index (χ4n) is 2.53. The van der Waals surface area contributed by atoms with E-state index in [4.69, 9.17) is 5.11 Å². The molecule has 13 heavy (non-hydrogen) atoms. The molecule has 1 atom stereocenters. The first-order valence-corrected chi connectivity index (χ1v) is 6.18. The van der Waals surface area contributed by atoms with E-state index >= 15 is 0 Å². The van der Waals surface area contributed by atoms with E-state index in [9.17, 15) is 4.79 Å². The van der Waals surface area contributed by atoms with Gasteiger partial charge >= 0.3 is 5.97 Å². The van der Waals surface area contributed by atoms with Crippen molar-refractivity contribution < 1.29 is 9.90 Å². The molecule has 1 saturated heterocycles. The maximum atomic E-state index is 10.4. The number of hydrogen-bond acceptors (Lipinski definition) is 2. The minimum absolute atomic E-state index is 0.375. The molecule has 1 unspecified atom stereocenters. The highest BCUT2D eigenvalue weighted by molar-refractivity contribution is 7.99. The molecule has 3 heteroatoms. The van der Waals surface area contributed by atoms with Crippen LogP contribution < -0.4 is 0 Å². The summed E-state index contributed by atoms with van der Waals surface area (Å²) in [4.78, 5) is 10.4. The Hall–Kier alpha value is -0.180. The second-order valence-electron chi connectivity index (χ2n) is 4.31. The largest absolute Gasteiger partial charge is 0.481 e. The van der Waals surface area contributed by atoms with Gasteiger partial charge in [0.1, 0.15) is 0 Å². The average molecular weight is 200 g/mol. The number of thioether (sulfide) groups is 1. The molecule has 1 aliphatic heterocycles. The van der Waals surface area contributed by atoms with Crippen LogP contribution in [0.25, 0.3) is 0 Å². The van der Waals surface area contributed by atoms with Crippen molar-refractivity contribution in [2.24, 2.45) is 11.3 Å². The molecule has 0 amide bonds. The zero-order valence-electron chi connectivity index (χ0n) is 7.79. The van der Waals surface area contributed by atoms with Gasteiger partial charge in [0.15, 0.2) is 0 Å². The number of carboxylic acid groups (broad SMARTS) is 1. The van der Waals surface area contributed by atoms with Crippen LogP contribution in [0.5, 0.6) is 0 Å². The standard InChI is InChI=1S/C10H16O2S/c11-9(12)2-1-8-7-10(8)3-5-13-6-4-10/h8H,1-7H2,(H,11,12). The monoisotopic (exact) mass is 200 g/mol. The average Bonchev–Trinajstić information content (AvgIpc) is 2.77. The third-order valence-electron chi connectivity index (χ3n) is 3.55. The summed E-state index contributed by atoms with van der Waals surface area (Å²) in [5, 5.41) is 8.57. The van der Waals surface area contributed by atoms with Gasteiger partial charge in [0.25, 0.3) is 0 Å². The summed E-state index contributed by atoms with van der Waals surface area (Å²) in [5.41, 5.74) is 0.598. The molecular weight excluding hydrogens is 184 g/mol. The second-order valence-corrected chi connectivity index (χ2v) is 5.53. The zero-order chi connectivity index (χ0) is 9.31. The number of rotatable bonds is 3. The molecule has 0 aromatic rings. The summed E-state index contributed by atoms with van der Waals surface area (Å²) in [6.45, 7) is 0. The summed E-state index contributed by atoms with van der Waals surface area (Å²) in [5.74, 6) is 2.70. The highest BCUT2D eigenvalue weighted by atomic mass is 32.2. The van der Waals surface area contributed by atoms with Crippen molar-refractivity contribution in [3.8, 4) is 0 Å². The molecule has 0 bridgehead atoms. The van der Waals surface area contributed by atoms with Gasteiger partial charge < -0.3 is 5.11 Å². The van der Waals surface area contributed by atoms with Crippen molar-refractivity contribution in [1.29, 1.82) is 0 Å². The van der Waals surface area contributed by atoms with Crippen molar-refractivity contribution in [3.63, 3.8) is 0 Å². The van der Waals surface area contributed by atoms with E-state index in [1.807, 2.05) is 11.8 Å². The number of aliphatic carboxylic acids is 1. The molecule has 1 N–H and O–H groups in total. The fourth-order valence-corrected chi connectivity index (χ4v) is 3.83. The highest BCUT2D eigenvalue weighted by Crippen LogP contribution is 2.62. The Bertz CT molecular complexity index is 209. The number of carbonyl (C=O) groups is 1. The number of hydrogen-bond donors (Lipinski definition) is 1. The Morgan fingerprint density at radius 1 is 1.46 bits per heavy atom. The van der Waals surface area contributed by atoms with Gasteiger partial charge in [-0.3, -0.25) is 4.79 Å². The van der Waals surface area contributed by atoms with Crippen LogP contribution in [0.3, 0.4) is 0 Å². The summed E-state index contributed by atoms with van der Waals surface area (Å²) in [7, 11) is 0. The first kappa shape index (κ1) is 9.38. The van der Waals surface area contributed by atoms with Crippen LogP contribution in [0, 0.1) is 11.3 Å². The highest BCUT2D eigenvalue weighted by Gasteiger charge is 2.53. The molecule has 0 aromatic carbocycles. The Balaban J connectivity index is 1.76. The molecule has 1 spiro atoms. The minimum atomic E-state index is -0.632. The summed E-state index contributed by atoms with van der Waals surface area (Å²) >= 11 is 2.05. The van der Waals surface area contributed by atoms with E-state index in [1.54, 1.807) is 0 Å². The van der Waals surface area contributed by atoms with E-state index in [-0.39, 0.29) is 0 Å². The summed E-state index contributed by atoms with van der Waals surface area (Å²) in [6.07, 6.45) is 5.27. The first-order chi connectivity index (χ1) is 6.23. The Morgan fingerprint density at radius 3 is 2.77 bits per heavy atom. The van der Waals surface area contributed by atoms with Gasteiger partial charge in [-0.15, -0.1) is 0 Å². The van der Waals surface area contributed by atoms with Crippen molar-refractivity contribution in [3.05, 3.63) is 0 Å². The molecule has 0 radical (unpaired) electrons. The molecule has 1 saturated carbocycles. The molecule has 1 aliphatic carbocycles. The molecule has 2 aliphatic rings. The summed E-state index contributed by atoms with van der Waals surface area (Å²) < 4.78 is 0. The lowest BCUT2D eigenvalue weighted by Crippen LogP contribution is -2.13. The van der Waals surface area contributed by atoms with Gasteiger partial charge in [0.05, 0.1) is 0 Å². The normalized spacial score (nSPS) is 30.3. The van der Waals surface area contributed by atoms with Gasteiger partial charge in [-0.1, -0.05) is 0 Å². The van der Waals surface area contributed by atoms with Gasteiger partial charge in [-0.05, 0) is 48.5 Å².